The number of hydrogen-bond acceptors (Lipinski definition) is 4. The molecule has 0 spiro atoms. The number of amides is 2. The Morgan fingerprint density at radius 2 is 1.76 bits per heavy atom. The monoisotopic (exact) mass is 286 g/mol. The van der Waals surface area contributed by atoms with Gasteiger partial charge in [-0.1, -0.05) is 17.4 Å². The summed E-state index contributed by atoms with van der Waals surface area (Å²) in [4.78, 5) is 26.8. The van der Waals surface area contributed by atoms with Crippen LogP contribution in [0.25, 0.3) is 0 Å². The van der Waals surface area contributed by atoms with Crippen molar-refractivity contribution < 1.29 is 9.59 Å². The largest absolute Gasteiger partial charge is 0.276 e. The Labute approximate surface area is 122 Å². The number of rotatable bonds is 3. The fourth-order valence-corrected chi connectivity index (χ4v) is 4.12. The van der Waals surface area contributed by atoms with Crippen molar-refractivity contribution in [2.45, 2.75) is 32.9 Å². The molecule has 2 amide bonds. The summed E-state index contributed by atoms with van der Waals surface area (Å²) in [7, 11) is 0. The first kappa shape index (κ1) is 12.7. The van der Waals surface area contributed by atoms with Crippen molar-refractivity contribution in [3.63, 3.8) is 0 Å². The molecule has 4 unspecified atom stereocenters. The molecule has 2 bridgehead atoms. The van der Waals surface area contributed by atoms with Gasteiger partial charge in [-0.3, -0.25) is 14.5 Å². The highest BCUT2D eigenvalue weighted by molar-refractivity contribution is 6.05. The van der Waals surface area contributed by atoms with E-state index in [9.17, 15) is 9.59 Å². The second-order valence-corrected chi connectivity index (χ2v) is 6.15. The normalized spacial score (nSPS) is 33.9. The lowest BCUT2D eigenvalue weighted by Gasteiger charge is -2.38. The second-order valence-electron chi connectivity index (χ2n) is 6.15. The van der Waals surface area contributed by atoms with Gasteiger partial charge in [0.1, 0.15) is 0 Å². The van der Waals surface area contributed by atoms with Crippen LogP contribution in [0.3, 0.4) is 0 Å². The van der Waals surface area contributed by atoms with Gasteiger partial charge in [0.15, 0.2) is 0 Å². The maximum absolute atomic E-state index is 12.7. The van der Waals surface area contributed by atoms with Crippen LogP contribution in [0.2, 0.25) is 0 Å². The van der Waals surface area contributed by atoms with Gasteiger partial charge in [0.25, 0.3) is 0 Å². The van der Waals surface area contributed by atoms with Crippen LogP contribution in [0, 0.1) is 23.7 Å². The van der Waals surface area contributed by atoms with E-state index < -0.39 is 0 Å². The molecule has 3 aliphatic carbocycles. The molecule has 6 heteroatoms. The average Bonchev–Trinajstić information content (AvgIpc) is 3.08. The first-order valence-corrected chi connectivity index (χ1v) is 7.61. The van der Waals surface area contributed by atoms with Gasteiger partial charge in [0.05, 0.1) is 30.3 Å². The molecule has 1 saturated carbocycles. The molecule has 110 valence electrons. The molecule has 4 atom stereocenters. The van der Waals surface area contributed by atoms with Gasteiger partial charge >= 0.3 is 0 Å². The van der Waals surface area contributed by atoms with E-state index in [1.54, 1.807) is 10.9 Å². The topological polar surface area (TPSA) is 68.1 Å². The Morgan fingerprint density at radius 1 is 1.14 bits per heavy atom. The lowest BCUT2D eigenvalue weighted by atomic mass is 9.63. The molecule has 6 nitrogen and oxygen atoms in total. The molecule has 1 aromatic heterocycles. The van der Waals surface area contributed by atoms with Crippen LogP contribution in [0.1, 0.15) is 25.5 Å². The fraction of sp³-hybridized carbons (Fsp3) is 0.600. The van der Waals surface area contributed by atoms with Crippen LogP contribution < -0.4 is 0 Å². The predicted octanol–water partition coefficient (Wildman–Crippen LogP) is 0.995. The Bertz CT molecular complexity index is 603. The molecule has 1 saturated heterocycles. The van der Waals surface area contributed by atoms with Crippen molar-refractivity contribution in [2.24, 2.45) is 23.7 Å². The molecule has 0 aromatic carbocycles. The van der Waals surface area contributed by atoms with Crippen molar-refractivity contribution in [2.75, 3.05) is 0 Å². The van der Waals surface area contributed by atoms with E-state index in [0.29, 0.717) is 13.1 Å². The summed E-state index contributed by atoms with van der Waals surface area (Å²) in [5, 5.41) is 7.83. The van der Waals surface area contributed by atoms with Crippen LogP contribution in [0.15, 0.2) is 18.3 Å². The predicted molar refractivity (Wildman–Crippen MR) is 73.6 cm³/mol. The van der Waals surface area contributed by atoms with Crippen LogP contribution in [-0.4, -0.2) is 31.7 Å². The highest BCUT2D eigenvalue weighted by Gasteiger charge is 2.56. The van der Waals surface area contributed by atoms with E-state index in [1.807, 2.05) is 6.92 Å². The van der Waals surface area contributed by atoms with Gasteiger partial charge in [-0.15, -0.1) is 5.10 Å². The Morgan fingerprint density at radius 3 is 2.29 bits per heavy atom. The summed E-state index contributed by atoms with van der Waals surface area (Å²) in [6, 6.07) is 0. The van der Waals surface area contributed by atoms with E-state index in [4.69, 9.17) is 0 Å². The number of imide groups is 1. The fourth-order valence-electron chi connectivity index (χ4n) is 4.12. The minimum Gasteiger partial charge on any atom is -0.276 e. The minimum absolute atomic E-state index is 0.00657. The number of nitrogens with zero attached hydrogens (tertiary/aromatic N) is 4. The van der Waals surface area contributed by atoms with Crippen LogP contribution in [0.5, 0.6) is 0 Å². The molecule has 21 heavy (non-hydrogen) atoms. The number of fused-ring (bicyclic) bond motifs is 1. The molecule has 5 rings (SSSR count). The average molecular weight is 286 g/mol. The maximum atomic E-state index is 12.7. The molecule has 2 fully saturated rings. The number of carbonyl (C=O) groups excluding carboxylic acids is 2. The molecule has 1 aliphatic heterocycles. The van der Waals surface area contributed by atoms with Gasteiger partial charge in [-0.25, -0.2) is 4.68 Å². The van der Waals surface area contributed by atoms with Crippen molar-refractivity contribution in [1.29, 1.82) is 0 Å². The SMILES string of the molecule is CCn1nncc1CN1C(=O)C2C3C=CC(CC3)C2C1=O. The Balaban J connectivity index is 1.63. The van der Waals surface area contributed by atoms with Crippen molar-refractivity contribution in [3.8, 4) is 0 Å². The van der Waals surface area contributed by atoms with E-state index in [1.165, 1.54) is 4.90 Å². The number of aromatic nitrogens is 3. The highest BCUT2D eigenvalue weighted by Crippen LogP contribution is 2.49. The van der Waals surface area contributed by atoms with Gasteiger partial charge in [0.2, 0.25) is 11.8 Å². The number of likely N-dealkylation sites (tertiary alicyclic amines) is 1. The van der Waals surface area contributed by atoms with E-state index in [2.05, 4.69) is 22.5 Å². The number of aryl methyl sites for hydroxylation is 1. The molecule has 2 heterocycles. The van der Waals surface area contributed by atoms with Crippen molar-refractivity contribution in [1.82, 2.24) is 19.9 Å². The molecule has 4 aliphatic rings. The molecule has 0 N–H and O–H groups in total. The van der Waals surface area contributed by atoms with Crippen LogP contribution >= 0.6 is 0 Å². The number of hydrogen-bond donors (Lipinski definition) is 0. The van der Waals surface area contributed by atoms with E-state index in [-0.39, 0.29) is 35.5 Å². The van der Waals surface area contributed by atoms with Gasteiger partial charge in [-0.2, -0.15) is 0 Å². The number of carbonyl (C=O) groups is 2. The molecular formula is C15H18N4O2. The van der Waals surface area contributed by atoms with Gasteiger partial charge in [-0.05, 0) is 31.6 Å². The maximum Gasteiger partial charge on any atom is 0.234 e. The third kappa shape index (κ3) is 1.71. The third-order valence-electron chi connectivity index (χ3n) is 5.17. The summed E-state index contributed by atoms with van der Waals surface area (Å²) in [5.41, 5.74) is 0.818. The summed E-state index contributed by atoms with van der Waals surface area (Å²) >= 11 is 0. The molecular weight excluding hydrogens is 268 g/mol. The lowest BCUT2D eigenvalue weighted by molar-refractivity contribution is -0.140. The van der Waals surface area contributed by atoms with Gasteiger partial charge in [0, 0.05) is 6.54 Å². The molecule has 0 radical (unpaired) electrons. The minimum atomic E-state index is -0.132. The lowest BCUT2D eigenvalue weighted by Crippen LogP contribution is -2.38. The van der Waals surface area contributed by atoms with Crippen LogP contribution in [0.4, 0.5) is 0 Å². The van der Waals surface area contributed by atoms with E-state index >= 15 is 0 Å². The standard InChI is InChI=1S/C15H18N4O2/c1-2-19-11(7-16-17-19)8-18-14(20)12-9-3-4-10(6-5-9)13(12)15(18)21/h3-4,7,9-10,12-13H,2,5-6,8H2,1H3. The zero-order valence-electron chi connectivity index (χ0n) is 12.0. The van der Waals surface area contributed by atoms with Crippen molar-refractivity contribution >= 4 is 11.8 Å². The molecule has 1 aromatic rings. The third-order valence-corrected chi connectivity index (χ3v) is 5.17. The van der Waals surface area contributed by atoms with Gasteiger partial charge < -0.3 is 0 Å². The Kier molecular flexibility index (Phi) is 2.74. The summed E-state index contributed by atoms with van der Waals surface area (Å²) < 4.78 is 1.73. The highest BCUT2D eigenvalue weighted by atomic mass is 16.2. The second kappa shape index (κ2) is 4.51. The quantitative estimate of drug-likeness (QED) is 0.614. The zero-order chi connectivity index (χ0) is 14.6. The number of allylic oxidation sites excluding steroid dienone is 2. The van der Waals surface area contributed by atoms with E-state index in [0.717, 1.165) is 18.5 Å². The first-order chi connectivity index (χ1) is 10.2. The summed E-state index contributed by atoms with van der Waals surface area (Å²) in [6.07, 6.45) is 7.98. The summed E-state index contributed by atoms with van der Waals surface area (Å²) in [6.45, 7) is 2.95. The van der Waals surface area contributed by atoms with Crippen molar-refractivity contribution in [3.05, 3.63) is 24.0 Å². The smallest absolute Gasteiger partial charge is 0.234 e. The summed E-state index contributed by atoms with van der Waals surface area (Å²) in [5.74, 6) is 0.214. The Hall–Kier alpha value is -1.98. The zero-order valence-corrected chi connectivity index (χ0v) is 12.0. The first-order valence-electron chi connectivity index (χ1n) is 7.61. The van der Waals surface area contributed by atoms with Crippen LogP contribution in [-0.2, 0) is 22.7 Å².